The monoisotopic (exact) mass is 652 g/mol. The van der Waals surface area contributed by atoms with Gasteiger partial charge in [0.1, 0.15) is 12.5 Å². The number of rotatable bonds is 11. The van der Waals surface area contributed by atoms with E-state index in [-0.39, 0.29) is 34.9 Å². The van der Waals surface area contributed by atoms with E-state index in [9.17, 15) is 31.5 Å². The summed E-state index contributed by atoms with van der Waals surface area (Å²) in [6.45, 7) is 1.40. The molecule has 0 fully saturated rings. The van der Waals surface area contributed by atoms with E-state index in [1.54, 1.807) is 30.1 Å². The topological polar surface area (TPSA) is 107 Å². The molecule has 5 aromatic rings. The first-order chi connectivity index (χ1) is 21.1. The Morgan fingerprint density at radius 2 is 1.67 bits per heavy atom. The van der Waals surface area contributed by atoms with Gasteiger partial charge in [0.05, 0.1) is 16.9 Å². The highest BCUT2D eigenvalue weighted by atomic mass is 28.3. The molecule has 17 heteroatoms. The third kappa shape index (κ3) is 7.09. The van der Waals surface area contributed by atoms with Gasteiger partial charge >= 0.3 is 24.5 Å². The van der Waals surface area contributed by atoms with Crippen LogP contribution in [0.15, 0.2) is 58.3 Å². The van der Waals surface area contributed by atoms with Gasteiger partial charge in [-0.3, -0.25) is 14.0 Å². The molecule has 0 aliphatic heterocycles. The van der Waals surface area contributed by atoms with Crippen molar-refractivity contribution in [3.05, 3.63) is 69.5 Å². The number of aromatic nitrogens is 6. The van der Waals surface area contributed by atoms with Crippen LogP contribution in [0, 0.1) is 0 Å². The molecule has 0 aliphatic rings. The molecule has 3 aromatic heterocycles. The van der Waals surface area contributed by atoms with Crippen molar-refractivity contribution in [1.29, 1.82) is 0 Å². The van der Waals surface area contributed by atoms with E-state index in [1.165, 1.54) is 30.3 Å². The minimum Gasteiger partial charge on any atom is -0.455 e. The third-order valence-corrected chi connectivity index (χ3v) is 8.38. The fourth-order valence-electron chi connectivity index (χ4n) is 4.59. The highest BCUT2D eigenvalue weighted by Gasteiger charge is 2.31. The van der Waals surface area contributed by atoms with Crippen molar-refractivity contribution in [2.75, 3.05) is 13.2 Å². The molecule has 0 unspecified atom stereocenters. The Labute approximate surface area is 253 Å². The number of benzene rings is 2. The Hall–Kier alpha value is -4.51. The lowest BCUT2D eigenvalue weighted by atomic mass is 10.2. The smallest absolute Gasteiger partial charge is 0.422 e. The molecule has 0 saturated heterocycles. The highest BCUT2D eigenvalue weighted by molar-refractivity contribution is 6.76. The number of alkyl halides is 5. The van der Waals surface area contributed by atoms with E-state index in [1.807, 2.05) is 0 Å². The van der Waals surface area contributed by atoms with Gasteiger partial charge in [-0.2, -0.15) is 32.0 Å². The average Bonchev–Trinajstić information content (AvgIpc) is 3.48. The van der Waals surface area contributed by atoms with Crippen LogP contribution in [-0.4, -0.2) is 62.5 Å². The summed E-state index contributed by atoms with van der Waals surface area (Å²) in [7, 11) is 0.152. The molecule has 0 aliphatic carbocycles. The second kappa shape index (κ2) is 12.1. The molecule has 45 heavy (non-hydrogen) atoms. The second-order valence-electron chi connectivity index (χ2n) is 11.4. The van der Waals surface area contributed by atoms with Crippen molar-refractivity contribution in [1.82, 2.24) is 28.5 Å². The van der Waals surface area contributed by atoms with Crippen LogP contribution in [0.25, 0.3) is 33.4 Å². The Kier molecular flexibility index (Phi) is 8.59. The van der Waals surface area contributed by atoms with Gasteiger partial charge in [0.2, 0.25) is 0 Å². The summed E-state index contributed by atoms with van der Waals surface area (Å²) in [5.74, 6) is -0.205. The number of fused-ring (bicyclic) bond motifs is 2. The Balaban J connectivity index is 1.76. The molecule has 5 rings (SSSR count). The largest absolute Gasteiger partial charge is 0.455 e. The van der Waals surface area contributed by atoms with E-state index in [0.29, 0.717) is 10.9 Å². The molecule has 0 bridgehead atoms. The molecule has 0 atom stereocenters. The maximum atomic E-state index is 14.1. The lowest BCUT2D eigenvalue weighted by molar-refractivity contribution is -0.155. The number of hydrogen-bond donors (Lipinski definition) is 0. The number of imidazole rings is 1. The summed E-state index contributed by atoms with van der Waals surface area (Å²) in [6.07, 6.45) is -3.05. The predicted octanol–water partition coefficient (Wildman–Crippen LogP) is 5.08. The van der Waals surface area contributed by atoms with Crippen LogP contribution in [0.4, 0.5) is 22.0 Å². The fraction of sp³-hybridized carbons (Fsp3) is 0.357. The van der Waals surface area contributed by atoms with Crippen LogP contribution >= 0.6 is 0 Å². The van der Waals surface area contributed by atoms with E-state index >= 15 is 0 Å². The van der Waals surface area contributed by atoms with Gasteiger partial charge in [-0.05, 0) is 48.5 Å². The van der Waals surface area contributed by atoms with Gasteiger partial charge in [0.25, 0.3) is 5.56 Å². The molecule has 0 N–H and O–H groups in total. The summed E-state index contributed by atoms with van der Waals surface area (Å²) >= 11 is 0. The van der Waals surface area contributed by atoms with Crippen molar-refractivity contribution in [2.45, 2.75) is 45.2 Å². The van der Waals surface area contributed by atoms with Crippen LogP contribution in [0.1, 0.15) is 0 Å². The van der Waals surface area contributed by atoms with Crippen molar-refractivity contribution in [3.8, 4) is 23.1 Å². The van der Waals surface area contributed by atoms with Gasteiger partial charge in [-0.25, -0.2) is 13.9 Å². The maximum absolute atomic E-state index is 14.1. The van der Waals surface area contributed by atoms with Crippen LogP contribution in [-0.2, 0) is 18.5 Å². The zero-order chi connectivity index (χ0) is 32.7. The van der Waals surface area contributed by atoms with Crippen LogP contribution in [0.2, 0.25) is 25.7 Å². The standard InChI is InChI=1S/C28H29F5N6O5Si/c1-36-14-17-13-19(7-10-21(17)35-36)39-24(40)22-23(38(27(39)41)18-5-8-20(9-6-18)44-25(29)30)34-26(43-15-28(31,32)33)37(22)16-42-11-12-45(2,3)4/h5-10,13-14,25H,11-12,15-16H2,1-4H3. The number of aryl methyl sites for hydroxylation is 1. The SMILES string of the molecule is Cn1cc2cc(-n3c(=O)c4c(nc(OCC(F)(F)F)n4COCC[Si](C)(C)C)n(-c4ccc(OC(F)F)cc4)c3=O)ccc2n1. The summed E-state index contributed by atoms with van der Waals surface area (Å²) in [4.78, 5) is 32.3. The molecule has 2 aromatic carbocycles. The molecule has 0 amide bonds. The van der Waals surface area contributed by atoms with E-state index in [2.05, 4.69) is 34.5 Å². The maximum Gasteiger partial charge on any atom is 0.422 e. The zero-order valence-electron chi connectivity index (χ0n) is 24.6. The van der Waals surface area contributed by atoms with Crippen LogP contribution < -0.4 is 20.7 Å². The molecule has 0 saturated carbocycles. The summed E-state index contributed by atoms with van der Waals surface area (Å²) < 4.78 is 84.8. The lowest BCUT2D eigenvalue weighted by Gasteiger charge is -2.17. The van der Waals surface area contributed by atoms with Crippen molar-refractivity contribution >= 4 is 30.1 Å². The molecule has 0 spiro atoms. The van der Waals surface area contributed by atoms with Crippen LogP contribution in [0.3, 0.4) is 0 Å². The number of nitrogens with zero attached hydrogens (tertiary/aromatic N) is 6. The van der Waals surface area contributed by atoms with Crippen molar-refractivity contribution < 1.29 is 36.2 Å². The minimum absolute atomic E-state index is 0.0643. The van der Waals surface area contributed by atoms with Gasteiger partial charge < -0.3 is 14.2 Å². The van der Waals surface area contributed by atoms with Crippen LogP contribution in [0.5, 0.6) is 11.8 Å². The van der Waals surface area contributed by atoms with Crippen molar-refractivity contribution in [3.63, 3.8) is 0 Å². The van der Waals surface area contributed by atoms with Gasteiger partial charge in [0.15, 0.2) is 17.8 Å². The second-order valence-corrected chi connectivity index (χ2v) is 17.0. The summed E-state index contributed by atoms with van der Waals surface area (Å²) in [6, 6.07) is 9.70. The van der Waals surface area contributed by atoms with Gasteiger partial charge in [-0.15, -0.1) is 0 Å². The third-order valence-electron chi connectivity index (χ3n) is 6.68. The molecule has 0 radical (unpaired) electrons. The van der Waals surface area contributed by atoms with E-state index in [0.717, 1.165) is 19.7 Å². The number of halogens is 5. The normalized spacial score (nSPS) is 12.5. The first-order valence-corrected chi connectivity index (χ1v) is 17.4. The zero-order valence-corrected chi connectivity index (χ0v) is 25.6. The first-order valence-electron chi connectivity index (χ1n) is 13.7. The average molecular weight is 653 g/mol. The summed E-state index contributed by atoms with van der Waals surface area (Å²) in [5.41, 5.74) is -1.62. The minimum atomic E-state index is -4.73. The molecular formula is C28H29F5N6O5Si. The molecule has 3 heterocycles. The summed E-state index contributed by atoms with van der Waals surface area (Å²) in [5, 5.41) is 4.91. The van der Waals surface area contributed by atoms with E-state index < -0.39 is 51.5 Å². The van der Waals surface area contributed by atoms with Gasteiger partial charge in [-0.1, -0.05) is 19.6 Å². The molecule has 11 nitrogen and oxygen atoms in total. The fourth-order valence-corrected chi connectivity index (χ4v) is 5.35. The van der Waals surface area contributed by atoms with Crippen molar-refractivity contribution in [2.24, 2.45) is 7.05 Å². The first kappa shape index (κ1) is 31.9. The number of ether oxygens (including phenoxy) is 3. The molecule has 240 valence electrons. The Bertz CT molecular complexity index is 1960. The number of hydrogen-bond acceptors (Lipinski definition) is 7. The van der Waals surface area contributed by atoms with E-state index in [4.69, 9.17) is 9.47 Å². The lowest BCUT2D eigenvalue weighted by Crippen LogP contribution is -2.39. The molecular weight excluding hydrogens is 623 g/mol. The Morgan fingerprint density at radius 3 is 2.31 bits per heavy atom. The quantitative estimate of drug-likeness (QED) is 0.111. The Morgan fingerprint density at radius 1 is 0.978 bits per heavy atom. The predicted molar refractivity (Wildman–Crippen MR) is 157 cm³/mol. The van der Waals surface area contributed by atoms with Gasteiger partial charge in [0, 0.05) is 33.3 Å². The highest BCUT2D eigenvalue weighted by Crippen LogP contribution is 2.26.